The van der Waals surface area contributed by atoms with Gasteiger partial charge < -0.3 is 10.4 Å². The molecule has 0 aliphatic carbocycles. The quantitative estimate of drug-likeness (QED) is 0.822. The second-order valence-electron chi connectivity index (χ2n) is 4.66. The van der Waals surface area contributed by atoms with Crippen LogP contribution in [0.5, 0.6) is 0 Å². The summed E-state index contributed by atoms with van der Waals surface area (Å²) in [7, 11) is 0. The van der Waals surface area contributed by atoms with Gasteiger partial charge in [0.15, 0.2) is 0 Å². The summed E-state index contributed by atoms with van der Waals surface area (Å²) >= 11 is 1.68. The molecule has 2 rings (SSSR count). The lowest BCUT2D eigenvalue weighted by Gasteiger charge is -2.07. The van der Waals surface area contributed by atoms with Crippen molar-refractivity contribution in [2.45, 2.75) is 25.7 Å². The van der Waals surface area contributed by atoms with Crippen LogP contribution >= 0.6 is 11.3 Å². The van der Waals surface area contributed by atoms with Crippen molar-refractivity contribution in [2.24, 2.45) is 0 Å². The lowest BCUT2D eigenvalue weighted by molar-refractivity contribution is -0.116. The number of hydrogen-bond donors (Lipinski definition) is 2. The van der Waals surface area contributed by atoms with E-state index in [0.717, 1.165) is 30.5 Å². The summed E-state index contributed by atoms with van der Waals surface area (Å²) in [6.45, 7) is 0.192. The van der Waals surface area contributed by atoms with Gasteiger partial charge >= 0.3 is 0 Å². The minimum atomic E-state index is 0.0395. The predicted molar refractivity (Wildman–Crippen MR) is 83.1 cm³/mol. The molecule has 2 aromatic rings. The molecule has 106 valence electrons. The van der Waals surface area contributed by atoms with Gasteiger partial charge in [-0.15, -0.1) is 11.3 Å². The van der Waals surface area contributed by atoms with Crippen LogP contribution in [0.3, 0.4) is 0 Å². The van der Waals surface area contributed by atoms with E-state index in [-0.39, 0.29) is 12.5 Å². The Morgan fingerprint density at radius 3 is 2.85 bits per heavy atom. The number of benzene rings is 1. The molecule has 0 aliphatic heterocycles. The molecule has 0 unspecified atom stereocenters. The van der Waals surface area contributed by atoms with Crippen molar-refractivity contribution in [3.05, 3.63) is 52.2 Å². The first kappa shape index (κ1) is 14.8. The number of thiophene rings is 1. The minimum absolute atomic E-state index is 0.0395. The Labute approximate surface area is 123 Å². The van der Waals surface area contributed by atoms with Crippen molar-refractivity contribution in [3.63, 3.8) is 0 Å². The van der Waals surface area contributed by atoms with Gasteiger partial charge in [-0.1, -0.05) is 18.2 Å². The number of carbonyl (C=O) groups excluding carboxylic acids is 1. The van der Waals surface area contributed by atoms with Crippen LogP contribution in [0.1, 0.15) is 23.3 Å². The van der Waals surface area contributed by atoms with Crippen LogP contribution in [0.15, 0.2) is 41.8 Å². The third-order valence-electron chi connectivity index (χ3n) is 3.01. The number of anilines is 1. The first-order valence-corrected chi connectivity index (χ1v) is 7.68. The van der Waals surface area contributed by atoms with E-state index in [1.54, 1.807) is 11.3 Å². The van der Waals surface area contributed by atoms with E-state index in [1.807, 2.05) is 41.8 Å². The average Bonchev–Trinajstić information content (AvgIpc) is 2.97. The summed E-state index contributed by atoms with van der Waals surface area (Å²) in [4.78, 5) is 13.1. The maximum absolute atomic E-state index is 11.9. The Kier molecular flexibility index (Phi) is 5.77. The van der Waals surface area contributed by atoms with E-state index in [1.165, 1.54) is 4.88 Å². The van der Waals surface area contributed by atoms with Crippen LogP contribution in [0.25, 0.3) is 0 Å². The van der Waals surface area contributed by atoms with Gasteiger partial charge in [0, 0.05) is 23.6 Å². The molecule has 2 N–H and O–H groups in total. The lowest BCUT2D eigenvalue weighted by atomic mass is 10.1. The highest BCUT2D eigenvalue weighted by molar-refractivity contribution is 7.09. The highest BCUT2D eigenvalue weighted by Crippen LogP contribution is 2.14. The first-order chi connectivity index (χ1) is 9.78. The number of amides is 1. The smallest absolute Gasteiger partial charge is 0.224 e. The zero-order valence-corrected chi connectivity index (χ0v) is 12.2. The van der Waals surface area contributed by atoms with Crippen molar-refractivity contribution in [3.8, 4) is 0 Å². The van der Waals surface area contributed by atoms with E-state index >= 15 is 0 Å². The predicted octanol–water partition coefficient (Wildman–Crippen LogP) is 3.24. The van der Waals surface area contributed by atoms with Crippen molar-refractivity contribution in [1.29, 1.82) is 0 Å². The van der Waals surface area contributed by atoms with Gasteiger partial charge in [-0.05, 0) is 48.4 Å². The number of aliphatic hydroxyl groups excluding tert-OH is 1. The van der Waals surface area contributed by atoms with Crippen LogP contribution in [0.2, 0.25) is 0 Å². The van der Waals surface area contributed by atoms with Crippen LogP contribution in [-0.2, 0) is 17.6 Å². The van der Waals surface area contributed by atoms with Crippen molar-refractivity contribution < 1.29 is 9.90 Å². The summed E-state index contributed by atoms with van der Waals surface area (Å²) in [5.74, 6) is 0.0395. The largest absolute Gasteiger partial charge is 0.396 e. The Bertz CT molecular complexity index is 537. The van der Waals surface area contributed by atoms with Gasteiger partial charge in [-0.3, -0.25) is 4.79 Å². The zero-order chi connectivity index (χ0) is 14.2. The molecule has 0 radical (unpaired) electrons. The maximum atomic E-state index is 11.9. The summed E-state index contributed by atoms with van der Waals surface area (Å²) < 4.78 is 0. The van der Waals surface area contributed by atoms with Gasteiger partial charge in [0.1, 0.15) is 0 Å². The van der Waals surface area contributed by atoms with Gasteiger partial charge in [0.25, 0.3) is 0 Å². The number of rotatable bonds is 7. The van der Waals surface area contributed by atoms with Gasteiger partial charge in [-0.2, -0.15) is 0 Å². The third-order valence-corrected chi connectivity index (χ3v) is 3.95. The number of nitrogens with one attached hydrogen (secondary N) is 1. The fourth-order valence-corrected chi connectivity index (χ4v) is 2.71. The molecule has 1 aromatic carbocycles. The second-order valence-corrected chi connectivity index (χ2v) is 5.69. The Morgan fingerprint density at radius 2 is 2.10 bits per heavy atom. The van der Waals surface area contributed by atoms with E-state index in [0.29, 0.717) is 6.42 Å². The molecule has 1 heterocycles. The topological polar surface area (TPSA) is 49.3 Å². The van der Waals surface area contributed by atoms with Crippen LogP contribution in [-0.4, -0.2) is 17.6 Å². The van der Waals surface area contributed by atoms with Crippen LogP contribution in [0, 0.1) is 0 Å². The molecule has 0 aliphatic rings. The third kappa shape index (κ3) is 4.79. The number of aryl methyl sites for hydroxylation is 2. The van der Waals surface area contributed by atoms with E-state index in [4.69, 9.17) is 5.11 Å². The van der Waals surface area contributed by atoms with Gasteiger partial charge in [0.2, 0.25) is 5.91 Å². The zero-order valence-electron chi connectivity index (χ0n) is 11.3. The lowest BCUT2D eigenvalue weighted by Crippen LogP contribution is -2.12. The first-order valence-electron chi connectivity index (χ1n) is 6.80. The highest BCUT2D eigenvalue weighted by atomic mass is 32.1. The van der Waals surface area contributed by atoms with Crippen LogP contribution < -0.4 is 5.32 Å². The molecular formula is C16H19NO2S. The average molecular weight is 289 g/mol. The molecular weight excluding hydrogens is 270 g/mol. The molecule has 0 atom stereocenters. The number of hydrogen-bond acceptors (Lipinski definition) is 3. The van der Waals surface area contributed by atoms with Crippen molar-refractivity contribution in [2.75, 3.05) is 11.9 Å². The normalized spacial score (nSPS) is 10.4. The molecule has 1 amide bonds. The summed E-state index contributed by atoms with van der Waals surface area (Å²) in [5.41, 5.74) is 1.96. The van der Waals surface area contributed by atoms with Crippen molar-refractivity contribution >= 4 is 22.9 Å². The van der Waals surface area contributed by atoms with E-state index in [2.05, 4.69) is 5.32 Å². The molecule has 4 heteroatoms. The standard InChI is InChI=1S/C16H19NO2S/c18-10-2-5-13-4-1-6-14(12-13)17-16(19)9-8-15-7-3-11-20-15/h1,3-4,6-7,11-12,18H,2,5,8-10H2,(H,17,19). The highest BCUT2D eigenvalue weighted by Gasteiger charge is 2.04. The van der Waals surface area contributed by atoms with Gasteiger partial charge in [0.05, 0.1) is 0 Å². The summed E-state index contributed by atoms with van der Waals surface area (Å²) in [6.07, 6.45) is 2.86. The Balaban J connectivity index is 1.84. The molecule has 20 heavy (non-hydrogen) atoms. The molecule has 0 saturated heterocycles. The molecule has 0 bridgehead atoms. The van der Waals surface area contributed by atoms with E-state index in [9.17, 15) is 4.79 Å². The number of aliphatic hydroxyl groups is 1. The molecule has 0 fully saturated rings. The maximum Gasteiger partial charge on any atom is 0.224 e. The molecule has 1 aromatic heterocycles. The summed E-state index contributed by atoms with van der Waals surface area (Å²) in [5, 5.41) is 13.8. The van der Waals surface area contributed by atoms with E-state index < -0.39 is 0 Å². The fourth-order valence-electron chi connectivity index (χ4n) is 2.00. The Morgan fingerprint density at radius 1 is 1.20 bits per heavy atom. The van der Waals surface area contributed by atoms with Crippen molar-refractivity contribution in [1.82, 2.24) is 0 Å². The SMILES string of the molecule is O=C(CCc1cccs1)Nc1cccc(CCCO)c1. The fraction of sp³-hybridized carbons (Fsp3) is 0.312. The van der Waals surface area contributed by atoms with Gasteiger partial charge in [-0.25, -0.2) is 0 Å². The molecule has 0 spiro atoms. The second kappa shape index (κ2) is 7.82. The molecule has 0 saturated carbocycles. The van der Waals surface area contributed by atoms with Crippen LogP contribution in [0.4, 0.5) is 5.69 Å². The monoisotopic (exact) mass is 289 g/mol. The summed E-state index contributed by atoms with van der Waals surface area (Å²) in [6, 6.07) is 11.9. The molecule has 3 nitrogen and oxygen atoms in total. The minimum Gasteiger partial charge on any atom is -0.396 e. The Hall–Kier alpha value is -1.65. The number of carbonyl (C=O) groups is 1.